The van der Waals surface area contributed by atoms with Crippen molar-refractivity contribution in [3.05, 3.63) is 18.3 Å². The van der Waals surface area contributed by atoms with Crippen LogP contribution in [0.1, 0.15) is 25.7 Å². The molecule has 0 saturated heterocycles. The van der Waals surface area contributed by atoms with E-state index in [1.165, 1.54) is 6.20 Å². The van der Waals surface area contributed by atoms with Crippen molar-refractivity contribution in [1.82, 2.24) is 4.98 Å². The number of methoxy groups -OCH3 is 1. The highest BCUT2D eigenvalue weighted by atomic mass is 16.5. The summed E-state index contributed by atoms with van der Waals surface area (Å²) in [5.74, 6) is -0.537. The highest BCUT2D eigenvalue weighted by molar-refractivity contribution is 5.90. The number of nitrogens with zero attached hydrogens (tertiary/aromatic N) is 1. The summed E-state index contributed by atoms with van der Waals surface area (Å²) in [5.41, 5.74) is 0.581. The molecule has 0 saturated carbocycles. The van der Waals surface area contributed by atoms with E-state index in [-0.39, 0.29) is 12.3 Å². The number of amides is 1. The van der Waals surface area contributed by atoms with Gasteiger partial charge in [0.25, 0.3) is 0 Å². The van der Waals surface area contributed by atoms with E-state index in [0.29, 0.717) is 44.0 Å². The number of ether oxygens (including phenoxy) is 2. The molecule has 0 aromatic carbocycles. The number of anilines is 1. The summed E-state index contributed by atoms with van der Waals surface area (Å²) >= 11 is 0. The maximum atomic E-state index is 11.6. The van der Waals surface area contributed by atoms with Crippen LogP contribution in [0.4, 0.5) is 5.69 Å². The number of hydrogen-bond acceptors (Lipinski definition) is 5. The van der Waals surface area contributed by atoms with Gasteiger partial charge in [0, 0.05) is 26.0 Å². The van der Waals surface area contributed by atoms with E-state index < -0.39 is 5.97 Å². The monoisotopic (exact) mass is 296 g/mol. The van der Waals surface area contributed by atoms with Crippen LogP contribution < -0.4 is 10.1 Å². The van der Waals surface area contributed by atoms with Crippen LogP contribution in [0.3, 0.4) is 0 Å². The van der Waals surface area contributed by atoms with Crippen LogP contribution in [0.25, 0.3) is 0 Å². The smallest absolute Gasteiger partial charge is 0.303 e. The molecule has 0 spiro atoms. The number of unbranched alkanes of at least 4 members (excludes halogenated alkanes) is 1. The number of rotatable bonds is 10. The number of aliphatic carboxylic acids is 1. The molecule has 1 aromatic rings. The summed E-state index contributed by atoms with van der Waals surface area (Å²) in [6, 6.07) is 3.36. The van der Waals surface area contributed by atoms with Gasteiger partial charge in [0.15, 0.2) is 0 Å². The third kappa shape index (κ3) is 7.88. The third-order valence-electron chi connectivity index (χ3n) is 2.60. The Hall–Kier alpha value is -2.15. The fourth-order valence-electron chi connectivity index (χ4n) is 1.55. The fraction of sp³-hybridized carbons (Fsp3) is 0.500. The highest BCUT2D eigenvalue weighted by Crippen LogP contribution is 2.12. The fourth-order valence-corrected chi connectivity index (χ4v) is 1.55. The molecule has 116 valence electrons. The molecule has 7 heteroatoms. The van der Waals surface area contributed by atoms with Crippen LogP contribution in [0, 0.1) is 0 Å². The van der Waals surface area contributed by atoms with E-state index >= 15 is 0 Å². The molecule has 0 bridgehead atoms. The predicted molar refractivity (Wildman–Crippen MR) is 76.3 cm³/mol. The van der Waals surface area contributed by atoms with Gasteiger partial charge in [-0.05, 0) is 18.9 Å². The average molecular weight is 296 g/mol. The van der Waals surface area contributed by atoms with Gasteiger partial charge in [0.2, 0.25) is 11.8 Å². The molecule has 21 heavy (non-hydrogen) atoms. The lowest BCUT2D eigenvalue weighted by Gasteiger charge is -2.07. The Bertz CT molecular complexity index is 447. The molecule has 0 aliphatic rings. The van der Waals surface area contributed by atoms with Gasteiger partial charge >= 0.3 is 5.97 Å². The molecule has 0 atom stereocenters. The highest BCUT2D eigenvalue weighted by Gasteiger charge is 2.04. The first kappa shape index (κ1) is 16.9. The maximum absolute atomic E-state index is 11.6. The van der Waals surface area contributed by atoms with E-state index in [9.17, 15) is 9.59 Å². The molecule has 0 aliphatic carbocycles. The number of aromatic nitrogens is 1. The number of hydrogen-bond donors (Lipinski definition) is 2. The Morgan fingerprint density at radius 1 is 1.24 bits per heavy atom. The van der Waals surface area contributed by atoms with Crippen molar-refractivity contribution in [1.29, 1.82) is 0 Å². The zero-order valence-corrected chi connectivity index (χ0v) is 12.0. The van der Waals surface area contributed by atoms with Crippen molar-refractivity contribution < 1.29 is 24.2 Å². The minimum absolute atomic E-state index is 0.0857. The molecule has 0 fully saturated rings. The van der Waals surface area contributed by atoms with Crippen LogP contribution >= 0.6 is 0 Å². The summed E-state index contributed by atoms with van der Waals surface area (Å²) < 4.78 is 10.2. The van der Waals surface area contributed by atoms with Gasteiger partial charge in [-0.2, -0.15) is 0 Å². The lowest BCUT2D eigenvalue weighted by molar-refractivity contribution is -0.137. The molecule has 2 N–H and O–H groups in total. The lowest BCUT2D eigenvalue weighted by Crippen LogP contribution is -2.12. The van der Waals surface area contributed by atoms with Crippen LogP contribution in [0.2, 0.25) is 0 Å². The van der Waals surface area contributed by atoms with Gasteiger partial charge < -0.3 is 19.9 Å². The molecule has 0 unspecified atom stereocenters. The van der Waals surface area contributed by atoms with Crippen molar-refractivity contribution in [3.8, 4) is 5.88 Å². The minimum Gasteiger partial charge on any atom is -0.481 e. The van der Waals surface area contributed by atoms with Crippen molar-refractivity contribution in [2.45, 2.75) is 25.7 Å². The Labute approximate surface area is 123 Å². The normalized spacial score (nSPS) is 10.1. The lowest BCUT2D eigenvalue weighted by atomic mass is 10.2. The van der Waals surface area contributed by atoms with Crippen molar-refractivity contribution in [2.24, 2.45) is 0 Å². The Morgan fingerprint density at radius 3 is 2.62 bits per heavy atom. The molecule has 0 radical (unpaired) electrons. The second-order valence-electron chi connectivity index (χ2n) is 4.38. The van der Waals surface area contributed by atoms with Crippen LogP contribution in [-0.2, 0) is 14.3 Å². The standard InChI is InChI=1S/C14H20N2O5/c1-20-8-9-21-13-7-6-11(10-15-13)16-12(17)4-2-3-5-14(18)19/h6-7,10H,2-5,8-9H2,1H3,(H,16,17)(H,18,19). The first-order valence-electron chi connectivity index (χ1n) is 6.71. The number of carboxylic acids is 1. The van der Waals surface area contributed by atoms with Gasteiger partial charge in [0.1, 0.15) is 6.61 Å². The van der Waals surface area contributed by atoms with E-state index in [1.54, 1.807) is 19.2 Å². The Kier molecular flexibility index (Phi) is 7.81. The van der Waals surface area contributed by atoms with Crippen molar-refractivity contribution in [3.63, 3.8) is 0 Å². The molecule has 7 nitrogen and oxygen atoms in total. The molecule has 1 amide bonds. The Morgan fingerprint density at radius 2 is 2.00 bits per heavy atom. The molecule has 1 heterocycles. The topological polar surface area (TPSA) is 97.8 Å². The largest absolute Gasteiger partial charge is 0.481 e. The summed E-state index contributed by atoms with van der Waals surface area (Å²) in [5, 5.41) is 11.2. The molecular formula is C14H20N2O5. The quantitative estimate of drug-likeness (QED) is 0.638. The second-order valence-corrected chi connectivity index (χ2v) is 4.38. The number of pyridine rings is 1. The average Bonchev–Trinajstić information content (AvgIpc) is 2.45. The predicted octanol–water partition coefficient (Wildman–Crippen LogP) is 1.69. The minimum atomic E-state index is -0.844. The second kappa shape index (κ2) is 9.71. The van der Waals surface area contributed by atoms with Crippen molar-refractivity contribution >= 4 is 17.6 Å². The summed E-state index contributed by atoms with van der Waals surface area (Å²) in [4.78, 5) is 26.0. The zero-order valence-electron chi connectivity index (χ0n) is 12.0. The van der Waals surface area contributed by atoms with Crippen LogP contribution in [0.15, 0.2) is 18.3 Å². The molecule has 1 rings (SSSR count). The van der Waals surface area contributed by atoms with Gasteiger partial charge in [-0.3, -0.25) is 9.59 Å². The zero-order chi connectivity index (χ0) is 15.5. The summed E-state index contributed by atoms with van der Waals surface area (Å²) in [6.07, 6.45) is 2.93. The SMILES string of the molecule is COCCOc1ccc(NC(=O)CCCCC(=O)O)cn1. The van der Waals surface area contributed by atoms with Crippen molar-refractivity contribution in [2.75, 3.05) is 25.6 Å². The molecule has 0 aliphatic heterocycles. The first-order chi connectivity index (χ1) is 10.1. The van der Waals surface area contributed by atoms with Gasteiger partial charge in [-0.25, -0.2) is 4.98 Å². The van der Waals surface area contributed by atoms with E-state index in [2.05, 4.69) is 10.3 Å². The van der Waals surface area contributed by atoms with Gasteiger partial charge in [0.05, 0.1) is 18.5 Å². The molecular weight excluding hydrogens is 276 g/mol. The van der Waals surface area contributed by atoms with E-state index in [1.807, 2.05) is 0 Å². The number of carbonyl (C=O) groups is 2. The summed E-state index contributed by atoms with van der Waals surface area (Å²) in [6.45, 7) is 0.898. The van der Waals surface area contributed by atoms with Gasteiger partial charge in [-0.15, -0.1) is 0 Å². The summed E-state index contributed by atoms with van der Waals surface area (Å²) in [7, 11) is 1.59. The van der Waals surface area contributed by atoms with E-state index in [0.717, 1.165) is 0 Å². The number of carbonyl (C=O) groups excluding carboxylic acids is 1. The van der Waals surface area contributed by atoms with Gasteiger partial charge in [-0.1, -0.05) is 0 Å². The van der Waals surface area contributed by atoms with Crippen LogP contribution in [0.5, 0.6) is 5.88 Å². The van der Waals surface area contributed by atoms with E-state index in [4.69, 9.17) is 14.6 Å². The number of nitrogens with one attached hydrogen (secondary N) is 1. The van der Waals surface area contributed by atoms with Crippen LogP contribution in [-0.4, -0.2) is 42.3 Å². The third-order valence-corrected chi connectivity index (χ3v) is 2.60. The maximum Gasteiger partial charge on any atom is 0.303 e. The molecule has 1 aromatic heterocycles. The Balaban J connectivity index is 2.27. The first-order valence-corrected chi connectivity index (χ1v) is 6.71. The number of carboxylic acid groups (broad SMARTS) is 1.